The van der Waals surface area contributed by atoms with E-state index < -0.39 is 0 Å². The third kappa shape index (κ3) is 5.89. The molecule has 0 bridgehead atoms. The van der Waals surface area contributed by atoms with Gasteiger partial charge in [0.1, 0.15) is 5.82 Å². The summed E-state index contributed by atoms with van der Waals surface area (Å²) >= 11 is 0. The van der Waals surface area contributed by atoms with E-state index in [1.807, 2.05) is 14.1 Å². The summed E-state index contributed by atoms with van der Waals surface area (Å²) < 4.78 is 10.4. The molecule has 1 saturated carbocycles. The fraction of sp³-hybridized carbons (Fsp3) is 0.577. The molecule has 2 aliphatic rings. The van der Waals surface area contributed by atoms with E-state index in [2.05, 4.69) is 15.5 Å². The Labute approximate surface area is 207 Å². The van der Waals surface area contributed by atoms with Crippen LogP contribution in [-0.4, -0.2) is 61.4 Å². The maximum Gasteiger partial charge on any atom is 0.225 e. The number of nitrogens with zero attached hydrogens (tertiary/aromatic N) is 3. The van der Waals surface area contributed by atoms with Gasteiger partial charge in [0.2, 0.25) is 17.6 Å². The zero-order chi connectivity index (χ0) is 24.9. The van der Waals surface area contributed by atoms with E-state index in [0.29, 0.717) is 17.5 Å². The van der Waals surface area contributed by atoms with Gasteiger partial charge in [-0.2, -0.15) is 4.98 Å². The third-order valence-corrected chi connectivity index (χ3v) is 6.91. The van der Waals surface area contributed by atoms with Crippen molar-refractivity contribution in [1.29, 1.82) is 0 Å². The number of aromatic nitrogens is 2. The second-order valence-electron chi connectivity index (χ2n) is 9.68. The molecule has 0 spiro atoms. The molecule has 0 radical (unpaired) electrons. The van der Waals surface area contributed by atoms with Crippen LogP contribution < -0.4 is 25.0 Å². The number of aryl methyl sites for hydroxylation is 1. The SMILES string of the molecule is COc1cc(CC(=O)NC2CCC(Nc3nc4c(c(N(C)C)n3)CCCC4)CC2)cc(OC)c1O. The lowest BCUT2D eigenvalue weighted by Crippen LogP contribution is -2.41. The first-order chi connectivity index (χ1) is 16.9. The molecule has 9 nitrogen and oxygen atoms in total. The number of benzene rings is 1. The summed E-state index contributed by atoms with van der Waals surface area (Å²) in [5.74, 6) is 2.22. The van der Waals surface area contributed by atoms with Gasteiger partial charge in [-0.15, -0.1) is 0 Å². The molecular weight excluding hydrogens is 446 g/mol. The van der Waals surface area contributed by atoms with Crippen molar-refractivity contribution < 1.29 is 19.4 Å². The van der Waals surface area contributed by atoms with Crippen molar-refractivity contribution in [3.63, 3.8) is 0 Å². The number of ether oxygens (including phenoxy) is 2. The van der Waals surface area contributed by atoms with Crippen molar-refractivity contribution in [1.82, 2.24) is 15.3 Å². The fourth-order valence-electron chi connectivity index (χ4n) is 5.09. The van der Waals surface area contributed by atoms with E-state index in [1.54, 1.807) is 12.1 Å². The van der Waals surface area contributed by atoms with Crippen molar-refractivity contribution in [2.45, 2.75) is 69.9 Å². The molecule has 1 aromatic heterocycles. The van der Waals surface area contributed by atoms with Crippen molar-refractivity contribution in [3.05, 3.63) is 29.0 Å². The zero-order valence-corrected chi connectivity index (χ0v) is 21.2. The number of hydrogen-bond acceptors (Lipinski definition) is 8. The molecule has 190 valence electrons. The second kappa shape index (κ2) is 11.0. The number of phenolic OH excluding ortho intramolecular Hbond substituents is 1. The highest BCUT2D eigenvalue weighted by molar-refractivity contribution is 5.79. The van der Waals surface area contributed by atoms with Gasteiger partial charge in [-0.1, -0.05) is 0 Å². The monoisotopic (exact) mass is 483 g/mol. The number of carbonyl (C=O) groups excluding carboxylic acids is 1. The zero-order valence-electron chi connectivity index (χ0n) is 21.2. The molecule has 3 N–H and O–H groups in total. The number of rotatable bonds is 8. The minimum Gasteiger partial charge on any atom is -0.502 e. The predicted octanol–water partition coefficient (Wildman–Crippen LogP) is 3.23. The van der Waals surface area contributed by atoms with Crippen LogP contribution in [0.1, 0.15) is 55.3 Å². The van der Waals surface area contributed by atoms with Gasteiger partial charge in [-0.05, 0) is 69.1 Å². The summed E-state index contributed by atoms with van der Waals surface area (Å²) in [5, 5.41) is 16.8. The topological polar surface area (TPSA) is 109 Å². The highest BCUT2D eigenvalue weighted by Gasteiger charge is 2.25. The smallest absolute Gasteiger partial charge is 0.225 e. The molecule has 9 heteroatoms. The van der Waals surface area contributed by atoms with Crippen LogP contribution in [0.15, 0.2) is 12.1 Å². The number of hydrogen-bond donors (Lipinski definition) is 3. The van der Waals surface area contributed by atoms with E-state index in [-0.39, 0.29) is 24.1 Å². The minimum atomic E-state index is -0.0643. The number of fused-ring (bicyclic) bond motifs is 1. The Hall–Kier alpha value is -3.23. The van der Waals surface area contributed by atoms with Gasteiger partial charge in [0, 0.05) is 31.7 Å². The first-order valence-corrected chi connectivity index (χ1v) is 12.4. The van der Waals surface area contributed by atoms with E-state index in [9.17, 15) is 9.90 Å². The summed E-state index contributed by atoms with van der Waals surface area (Å²) in [4.78, 5) is 24.4. The molecule has 0 saturated heterocycles. The Morgan fingerprint density at radius 1 is 1.03 bits per heavy atom. The van der Waals surface area contributed by atoms with Gasteiger partial charge in [-0.3, -0.25) is 4.79 Å². The largest absolute Gasteiger partial charge is 0.502 e. The van der Waals surface area contributed by atoms with E-state index in [1.165, 1.54) is 38.3 Å². The van der Waals surface area contributed by atoms with Crippen LogP contribution in [0.3, 0.4) is 0 Å². The molecule has 1 heterocycles. The Balaban J connectivity index is 1.31. The lowest BCUT2D eigenvalue weighted by molar-refractivity contribution is -0.121. The maximum absolute atomic E-state index is 12.7. The second-order valence-corrected chi connectivity index (χ2v) is 9.68. The van der Waals surface area contributed by atoms with E-state index in [0.717, 1.165) is 55.9 Å². The van der Waals surface area contributed by atoms with Crippen molar-refractivity contribution in [2.75, 3.05) is 38.5 Å². The summed E-state index contributed by atoms with van der Waals surface area (Å²) in [6, 6.07) is 3.77. The molecule has 0 unspecified atom stereocenters. The van der Waals surface area contributed by atoms with Gasteiger partial charge in [0.05, 0.1) is 26.3 Å². The van der Waals surface area contributed by atoms with Crippen molar-refractivity contribution in [3.8, 4) is 17.2 Å². The van der Waals surface area contributed by atoms with Crippen LogP contribution in [0.25, 0.3) is 0 Å². The first kappa shape index (κ1) is 24.9. The summed E-state index contributed by atoms with van der Waals surface area (Å²) in [6.07, 6.45) is 8.35. The van der Waals surface area contributed by atoms with Gasteiger partial charge < -0.3 is 30.1 Å². The highest BCUT2D eigenvalue weighted by Crippen LogP contribution is 2.37. The average molecular weight is 484 g/mol. The number of aromatic hydroxyl groups is 1. The number of anilines is 2. The highest BCUT2D eigenvalue weighted by atomic mass is 16.5. The number of carbonyl (C=O) groups is 1. The molecule has 35 heavy (non-hydrogen) atoms. The van der Waals surface area contributed by atoms with Crippen LogP contribution in [0.4, 0.5) is 11.8 Å². The summed E-state index contributed by atoms with van der Waals surface area (Å²) in [7, 11) is 7.03. The Kier molecular flexibility index (Phi) is 7.83. The molecule has 1 amide bonds. The molecule has 2 aliphatic carbocycles. The molecular formula is C26H37N5O4. The molecule has 0 atom stereocenters. The van der Waals surface area contributed by atoms with Gasteiger partial charge in [0.25, 0.3) is 0 Å². The number of nitrogens with one attached hydrogen (secondary N) is 2. The van der Waals surface area contributed by atoms with Gasteiger partial charge in [-0.25, -0.2) is 4.98 Å². The fourth-order valence-corrected chi connectivity index (χ4v) is 5.09. The summed E-state index contributed by atoms with van der Waals surface area (Å²) in [5.41, 5.74) is 3.20. The maximum atomic E-state index is 12.7. The molecule has 1 fully saturated rings. The third-order valence-electron chi connectivity index (χ3n) is 6.91. The van der Waals surface area contributed by atoms with Gasteiger partial charge in [0.15, 0.2) is 11.5 Å². The Morgan fingerprint density at radius 2 is 1.66 bits per heavy atom. The standard InChI is InChI=1S/C26H37N5O4/c1-31(2)25-19-7-5-6-8-20(19)29-26(30-25)28-18-11-9-17(10-12-18)27-23(32)15-16-13-21(34-3)24(33)22(14-16)35-4/h13-14,17-18,33H,5-12,15H2,1-4H3,(H,27,32)(H,28,29,30). The normalized spacial score (nSPS) is 19.4. The quantitative estimate of drug-likeness (QED) is 0.525. The number of amides is 1. The lowest BCUT2D eigenvalue weighted by Gasteiger charge is -2.30. The molecule has 2 aromatic rings. The first-order valence-electron chi connectivity index (χ1n) is 12.4. The van der Waals surface area contributed by atoms with Crippen LogP contribution in [0.2, 0.25) is 0 Å². The van der Waals surface area contributed by atoms with Gasteiger partial charge >= 0.3 is 0 Å². The van der Waals surface area contributed by atoms with Crippen molar-refractivity contribution in [2.24, 2.45) is 0 Å². The Morgan fingerprint density at radius 3 is 2.29 bits per heavy atom. The summed E-state index contributed by atoms with van der Waals surface area (Å²) in [6.45, 7) is 0. The van der Waals surface area contributed by atoms with E-state index in [4.69, 9.17) is 19.4 Å². The Bertz CT molecular complexity index is 1030. The van der Waals surface area contributed by atoms with Crippen LogP contribution in [0, 0.1) is 0 Å². The predicted molar refractivity (Wildman–Crippen MR) is 136 cm³/mol. The van der Waals surface area contributed by atoms with Crippen LogP contribution >= 0.6 is 0 Å². The number of phenols is 1. The van der Waals surface area contributed by atoms with Crippen LogP contribution in [0.5, 0.6) is 17.2 Å². The molecule has 0 aliphatic heterocycles. The van der Waals surface area contributed by atoms with Crippen molar-refractivity contribution >= 4 is 17.7 Å². The minimum absolute atomic E-state index is 0.0511. The molecule has 1 aromatic carbocycles. The van der Waals surface area contributed by atoms with Crippen LogP contribution in [-0.2, 0) is 24.1 Å². The lowest BCUT2D eigenvalue weighted by atomic mass is 9.91. The number of methoxy groups -OCH3 is 2. The average Bonchev–Trinajstić information content (AvgIpc) is 2.85. The molecule has 4 rings (SSSR count). The van der Waals surface area contributed by atoms with E-state index >= 15 is 0 Å².